The van der Waals surface area contributed by atoms with Crippen molar-refractivity contribution in [2.45, 2.75) is 99.9 Å². The molecule has 0 radical (unpaired) electrons. The van der Waals surface area contributed by atoms with Crippen LogP contribution in [0.4, 0.5) is 0 Å². The summed E-state index contributed by atoms with van der Waals surface area (Å²) in [4.78, 5) is 25.3. The van der Waals surface area contributed by atoms with E-state index in [2.05, 4.69) is 22.5 Å². The molecule has 37 heavy (non-hydrogen) atoms. The van der Waals surface area contributed by atoms with Crippen LogP contribution in [-0.2, 0) is 23.7 Å². The summed E-state index contributed by atoms with van der Waals surface area (Å²) < 4.78 is 24.2. The van der Waals surface area contributed by atoms with Gasteiger partial charge in [-0.2, -0.15) is 0 Å². The number of hydrogen-bond donors (Lipinski definition) is 3. The highest BCUT2D eigenvalue weighted by Crippen LogP contribution is 2.40. The van der Waals surface area contributed by atoms with E-state index in [0.717, 1.165) is 0 Å². The minimum Gasteiger partial charge on any atom is -0.458 e. The Hall–Kier alpha value is -1.66. The van der Waals surface area contributed by atoms with Crippen molar-refractivity contribution in [3.63, 3.8) is 0 Å². The van der Waals surface area contributed by atoms with Crippen molar-refractivity contribution < 1.29 is 43.9 Å². The van der Waals surface area contributed by atoms with Crippen LogP contribution in [0.3, 0.4) is 0 Å². The van der Waals surface area contributed by atoms with E-state index in [9.17, 15) is 24.9 Å². The van der Waals surface area contributed by atoms with Gasteiger partial charge in [0.2, 0.25) is 0 Å². The van der Waals surface area contributed by atoms with E-state index in [1.807, 2.05) is 6.07 Å². The van der Waals surface area contributed by atoms with Gasteiger partial charge in [0.1, 0.15) is 42.4 Å². The molecule has 10 heteroatoms. The molecule has 3 N–H and O–H groups in total. The van der Waals surface area contributed by atoms with Crippen LogP contribution in [0.15, 0.2) is 41.4 Å². The highest BCUT2D eigenvalue weighted by atomic mass is 79.9. The number of carbonyl (C=O) groups is 2. The second kappa shape index (κ2) is 12.9. The van der Waals surface area contributed by atoms with Gasteiger partial charge in [-0.15, -0.1) is 0 Å². The molecular formula is C27H35BrO9. The Morgan fingerprint density at radius 2 is 1.78 bits per heavy atom. The van der Waals surface area contributed by atoms with Gasteiger partial charge in [0.15, 0.2) is 0 Å². The van der Waals surface area contributed by atoms with Gasteiger partial charge in [-0.25, -0.2) is 4.79 Å². The summed E-state index contributed by atoms with van der Waals surface area (Å²) in [6.45, 7) is 3.82. The van der Waals surface area contributed by atoms with Crippen LogP contribution in [0.2, 0.25) is 0 Å². The van der Waals surface area contributed by atoms with E-state index >= 15 is 0 Å². The van der Waals surface area contributed by atoms with E-state index in [1.165, 1.54) is 0 Å². The molecule has 0 bridgehead atoms. The molecule has 3 saturated heterocycles. The standard InChI is InChI=1S/C27H35BrO9/c1-15(28)13-19(35-27(33)16-5-3-2-4-6-16)8-7-17(30)14-21-22(31)25-26(37-21)23(32)24-20(36-25)10-9-18(34-24)11-12-29/h2-6,18-26,29,31-32H,1,7-14H2/t18?,19-,20+,21-,22+,23+,24+,25+,26+/m1/s1. The second-order valence-corrected chi connectivity index (χ2v) is 11.1. The molecule has 1 aromatic carbocycles. The van der Waals surface area contributed by atoms with Crippen LogP contribution in [0.1, 0.15) is 55.3 Å². The van der Waals surface area contributed by atoms with Gasteiger partial charge < -0.3 is 34.3 Å². The first-order valence-corrected chi connectivity index (χ1v) is 13.6. The first-order chi connectivity index (χ1) is 17.8. The lowest BCUT2D eigenvalue weighted by atomic mass is 9.88. The molecule has 1 unspecified atom stereocenters. The van der Waals surface area contributed by atoms with Crippen molar-refractivity contribution in [3.05, 3.63) is 47.0 Å². The van der Waals surface area contributed by atoms with Crippen molar-refractivity contribution >= 4 is 27.7 Å². The van der Waals surface area contributed by atoms with Gasteiger partial charge in [0.05, 0.1) is 23.9 Å². The summed E-state index contributed by atoms with van der Waals surface area (Å²) in [7, 11) is 0. The maximum Gasteiger partial charge on any atom is 0.338 e. The van der Waals surface area contributed by atoms with E-state index in [4.69, 9.17) is 18.9 Å². The molecule has 0 spiro atoms. The summed E-state index contributed by atoms with van der Waals surface area (Å²) in [6.07, 6.45) is -3.59. The zero-order chi connectivity index (χ0) is 26.5. The average molecular weight is 583 g/mol. The predicted octanol–water partition coefficient (Wildman–Crippen LogP) is 2.44. The second-order valence-electron chi connectivity index (χ2n) is 9.97. The van der Waals surface area contributed by atoms with E-state index in [-0.39, 0.29) is 37.4 Å². The summed E-state index contributed by atoms with van der Waals surface area (Å²) in [5.41, 5.74) is 0.426. The molecule has 0 aliphatic carbocycles. The first-order valence-electron chi connectivity index (χ1n) is 12.8. The smallest absolute Gasteiger partial charge is 0.338 e. The fourth-order valence-electron chi connectivity index (χ4n) is 5.34. The van der Waals surface area contributed by atoms with Crippen LogP contribution < -0.4 is 0 Å². The Kier molecular flexibility index (Phi) is 9.90. The third-order valence-corrected chi connectivity index (χ3v) is 7.55. The van der Waals surface area contributed by atoms with Crippen molar-refractivity contribution in [1.29, 1.82) is 0 Å². The number of halogens is 1. The van der Waals surface area contributed by atoms with Crippen LogP contribution in [0.25, 0.3) is 0 Å². The minimum absolute atomic E-state index is 0.000520. The zero-order valence-electron chi connectivity index (χ0n) is 20.6. The molecule has 1 aromatic rings. The third kappa shape index (κ3) is 7.06. The average Bonchev–Trinajstić information content (AvgIpc) is 3.18. The number of esters is 1. The van der Waals surface area contributed by atoms with Gasteiger partial charge in [0, 0.05) is 25.9 Å². The van der Waals surface area contributed by atoms with Crippen LogP contribution in [0.5, 0.6) is 0 Å². The summed E-state index contributed by atoms with van der Waals surface area (Å²) in [5.74, 6) is -0.628. The Morgan fingerprint density at radius 1 is 1.05 bits per heavy atom. The number of benzene rings is 1. The number of aliphatic hydroxyl groups excluding tert-OH is 3. The largest absolute Gasteiger partial charge is 0.458 e. The minimum atomic E-state index is -1.06. The molecule has 9 nitrogen and oxygen atoms in total. The predicted molar refractivity (Wildman–Crippen MR) is 136 cm³/mol. The van der Waals surface area contributed by atoms with Crippen LogP contribution in [0, 0.1) is 0 Å². The molecule has 3 heterocycles. The van der Waals surface area contributed by atoms with Crippen molar-refractivity contribution in [2.24, 2.45) is 0 Å². The molecule has 3 fully saturated rings. The normalized spacial score (nSPS) is 33.7. The molecule has 0 amide bonds. The Labute approximate surface area is 224 Å². The van der Waals surface area contributed by atoms with Crippen molar-refractivity contribution in [1.82, 2.24) is 0 Å². The maximum absolute atomic E-state index is 12.8. The number of carbonyl (C=O) groups excluding carboxylic acids is 2. The van der Waals surface area contributed by atoms with Gasteiger partial charge in [0.25, 0.3) is 0 Å². The Morgan fingerprint density at radius 3 is 2.49 bits per heavy atom. The monoisotopic (exact) mass is 582 g/mol. The van der Waals surface area contributed by atoms with Gasteiger partial charge >= 0.3 is 5.97 Å². The molecular weight excluding hydrogens is 548 g/mol. The summed E-state index contributed by atoms with van der Waals surface area (Å²) >= 11 is 3.30. The molecule has 204 valence electrons. The number of ether oxygens (including phenoxy) is 4. The zero-order valence-corrected chi connectivity index (χ0v) is 22.2. The van der Waals surface area contributed by atoms with Crippen LogP contribution in [-0.4, -0.2) is 88.6 Å². The van der Waals surface area contributed by atoms with Crippen LogP contribution >= 0.6 is 15.9 Å². The van der Waals surface area contributed by atoms with E-state index < -0.39 is 48.7 Å². The van der Waals surface area contributed by atoms with Gasteiger partial charge in [-0.05, 0) is 42.3 Å². The summed E-state index contributed by atoms with van der Waals surface area (Å²) in [5, 5.41) is 31.0. The summed E-state index contributed by atoms with van der Waals surface area (Å²) in [6, 6.07) is 8.63. The van der Waals surface area contributed by atoms with Crippen molar-refractivity contribution in [3.8, 4) is 0 Å². The van der Waals surface area contributed by atoms with Crippen molar-refractivity contribution in [2.75, 3.05) is 6.61 Å². The lowest BCUT2D eigenvalue weighted by Gasteiger charge is -2.46. The highest BCUT2D eigenvalue weighted by molar-refractivity contribution is 9.11. The molecule has 3 aliphatic heterocycles. The number of hydrogen-bond acceptors (Lipinski definition) is 9. The highest BCUT2D eigenvalue weighted by Gasteiger charge is 2.56. The number of Topliss-reactive ketones (excluding diaryl/α,β-unsaturated/α-hetero) is 1. The number of fused-ring (bicyclic) bond motifs is 2. The molecule has 9 atom stereocenters. The topological polar surface area (TPSA) is 132 Å². The van der Waals surface area contributed by atoms with E-state index in [0.29, 0.717) is 42.1 Å². The van der Waals surface area contributed by atoms with Gasteiger partial charge in [-0.1, -0.05) is 40.7 Å². The first kappa shape index (κ1) is 28.4. The fraction of sp³-hybridized carbons (Fsp3) is 0.630. The number of rotatable bonds is 11. The molecule has 3 aliphatic rings. The maximum atomic E-state index is 12.8. The Bertz CT molecular complexity index is 941. The quantitative estimate of drug-likeness (QED) is 0.336. The molecule has 0 aromatic heterocycles. The van der Waals surface area contributed by atoms with E-state index in [1.54, 1.807) is 24.3 Å². The number of ketones is 1. The molecule has 4 rings (SSSR count). The van der Waals surface area contributed by atoms with Gasteiger partial charge in [-0.3, -0.25) is 4.79 Å². The lowest BCUT2D eigenvalue weighted by molar-refractivity contribution is -0.260. The SMILES string of the molecule is C=C(Br)C[C@@H](CCC(=O)C[C@H]1O[C@H]2[C@@H](O)[C@H]3OC(CCO)CC[C@@H]3O[C@H]2[C@H]1O)OC(=O)c1ccccc1. The molecule has 0 saturated carbocycles. The fourth-order valence-corrected chi connectivity index (χ4v) is 5.70. The third-order valence-electron chi connectivity index (χ3n) is 7.22. The Balaban J connectivity index is 1.30. The lowest BCUT2D eigenvalue weighted by Crippen LogP contribution is -2.61. The number of aliphatic hydroxyl groups is 3.